The lowest BCUT2D eigenvalue weighted by molar-refractivity contribution is 0.0718. The van der Waals surface area contributed by atoms with Gasteiger partial charge in [-0.3, -0.25) is 14.4 Å². The van der Waals surface area contributed by atoms with E-state index >= 15 is 0 Å². The Hall–Kier alpha value is -2.70. The fraction of sp³-hybridized carbons (Fsp3) is 0.474. The van der Waals surface area contributed by atoms with Crippen molar-refractivity contribution in [2.45, 2.75) is 44.7 Å². The lowest BCUT2D eigenvalue weighted by Gasteiger charge is -2.25. The molecule has 0 aromatic carbocycles. The van der Waals surface area contributed by atoms with Gasteiger partial charge in [0.25, 0.3) is 17.0 Å². The molecular formula is C19H22N4O3. The summed E-state index contributed by atoms with van der Waals surface area (Å²) in [6.45, 7) is 0.978. The van der Waals surface area contributed by atoms with Gasteiger partial charge in [0, 0.05) is 25.9 Å². The Kier molecular flexibility index (Phi) is 4.22. The van der Waals surface area contributed by atoms with Crippen LogP contribution in [0.1, 0.15) is 40.9 Å². The van der Waals surface area contributed by atoms with Crippen molar-refractivity contribution in [2.75, 3.05) is 6.54 Å². The molecular weight excluding hydrogens is 332 g/mol. The summed E-state index contributed by atoms with van der Waals surface area (Å²) in [5.41, 5.74) is 1.82. The summed E-state index contributed by atoms with van der Waals surface area (Å²) in [6, 6.07) is 4.84. The average molecular weight is 354 g/mol. The number of rotatable bonds is 3. The summed E-state index contributed by atoms with van der Waals surface area (Å²) in [7, 11) is 1.63. The van der Waals surface area contributed by atoms with Crippen molar-refractivity contribution in [3.05, 3.63) is 61.9 Å². The quantitative estimate of drug-likeness (QED) is 0.814. The molecule has 1 saturated heterocycles. The van der Waals surface area contributed by atoms with Crippen LogP contribution in [0.4, 0.5) is 0 Å². The number of pyridine rings is 1. The molecule has 1 fully saturated rings. The van der Waals surface area contributed by atoms with E-state index in [1.54, 1.807) is 36.3 Å². The number of nitrogens with zero attached hydrogens (tertiary/aromatic N) is 4. The fourth-order valence-corrected chi connectivity index (χ4v) is 3.98. The van der Waals surface area contributed by atoms with Gasteiger partial charge in [0.05, 0.1) is 18.3 Å². The average Bonchev–Trinajstić information content (AvgIpc) is 3.26. The third kappa shape index (κ3) is 2.87. The molecule has 7 nitrogen and oxygen atoms in total. The molecule has 26 heavy (non-hydrogen) atoms. The summed E-state index contributed by atoms with van der Waals surface area (Å²) in [5.74, 6) is -0.261. The minimum Gasteiger partial charge on any atom is -0.334 e. The van der Waals surface area contributed by atoms with E-state index in [2.05, 4.69) is 5.10 Å². The van der Waals surface area contributed by atoms with E-state index in [1.165, 1.54) is 9.25 Å². The predicted octanol–water partition coefficient (Wildman–Crippen LogP) is 0.735. The molecule has 1 amide bonds. The summed E-state index contributed by atoms with van der Waals surface area (Å²) >= 11 is 0. The zero-order chi connectivity index (χ0) is 18.3. The maximum absolute atomic E-state index is 12.9. The first-order valence-electron chi connectivity index (χ1n) is 9.11. The molecule has 2 aromatic rings. The first kappa shape index (κ1) is 16.8. The number of hydrogen-bond acceptors (Lipinski definition) is 4. The van der Waals surface area contributed by atoms with Gasteiger partial charge in [0.15, 0.2) is 0 Å². The summed E-state index contributed by atoms with van der Waals surface area (Å²) in [5, 5.41) is 4.51. The Bertz CT molecular complexity index is 975. The van der Waals surface area contributed by atoms with Crippen molar-refractivity contribution in [3.63, 3.8) is 0 Å². The normalized spacial score (nSPS) is 19.0. The van der Waals surface area contributed by atoms with Crippen molar-refractivity contribution < 1.29 is 4.79 Å². The van der Waals surface area contributed by atoms with E-state index in [1.807, 2.05) is 0 Å². The van der Waals surface area contributed by atoms with Crippen molar-refractivity contribution in [1.29, 1.82) is 0 Å². The first-order chi connectivity index (χ1) is 12.5. The first-order valence-corrected chi connectivity index (χ1v) is 9.11. The van der Waals surface area contributed by atoms with Crippen LogP contribution >= 0.6 is 0 Å². The topological polar surface area (TPSA) is 77.2 Å². The molecule has 136 valence electrons. The van der Waals surface area contributed by atoms with Crippen molar-refractivity contribution >= 4 is 5.91 Å². The van der Waals surface area contributed by atoms with E-state index in [0.29, 0.717) is 13.1 Å². The lowest BCUT2D eigenvalue weighted by atomic mass is 10.2. The summed E-state index contributed by atoms with van der Waals surface area (Å²) < 4.78 is 2.90. The van der Waals surface area contributed by atoms with E-state index in [4.69, 9.17) is 0 Å². The Labute approximate surface area is 150 Å². The number of amides is 1. The Balaban J connectivity index is 1.60. The van der Waals surface area contributed by atoms with Crippen LogP contribution in [0.25, 0.3) is 0 Å². The second kappa shape index (κ2) is 6.55. The van der Waals surface area contributed by atoms with Crippen LogP contribution in [0, 0.1) is 0 Å². The number of hydrogen-bond donors (Lipinski definition) is 0. The van der Waals surface area contributed by atoms with Gasteiger partial charge in [-0.05, 0) is 49.8 Å². The van der Waals surface area contributed by atoms with Crippen LogP contribution in [-0.4, -0.2) is 37.7 Å². The SMILES string of the molecule is Cn1cccc(C(=O)N2CCCC2Cn2nc3c(cc2=O)CCC3)c1=O. The van der Waals surface area contributed by atoms with Gasteiger partial charge in [-0.15, -0.1) is 0 Å². The van der Waals surface area contributed by atoms with Crippen molar-refractivity contribution in [1.82, 2.24) is 19.2 Å². The molecule has 0 radical (unpaired) electrons. The van der Waals surface area contributed by atoms with E-state index in [9.17, 15) is 14.4 Å². The van der Waals surface area contributed by atoms with Gasteiger partial charge < -0.3 is 9.47 Å². The third-order valence-electron chi connectivity index (χ3n) is 5.40. The predicted molar refractivity (Wildman–Crippen MR) is 96.3 cm³/mol. The molecule has 0 saturated carbocycles. The van der Waals surface area contributed by atoms with Crippen LogP contribution in [0.3, 0.4) is 0 Å². The van der Waals surface area contributed by atoms with Gasteiger partial charge in [0.2, 0.25) is 0 Å². The van der Waals surface area contributed by atoms with E-state index in [-0.39, 0.29) is 28.6 Å². The molecule has 0 spiro atoms. The molecule has 7 heteroatoms. The largest absolute Gasteiger partial charge is 0.334 e. The minimum absolute atomic E-state index is 0.111. The zero-order valence-corrected chi connectivity index (χ0v) is 14.9. The third-order valence-corrected chi connectivity index (χ3v) is 5.40. The van der Waals surface area contributed by atoms with Gasteiger partial charge in [0.1, 0.15) is 5.56 Å². The number of carbonyl (C=O) groups is 1. The Morgan fingerprint density at radius 3 is 2.96 bits per heavy atom. The van der Waals surface area contributed by atoms with Crippen LogP contribution in [0.15, 0.2) is 34.0 Å². The van der Waals surface area contributed by atoms with E-state index < -0.39 is 0 Å². The molecule has 1 unspecified atom stereocenters. The van der Waals surface area contributed by atoms with Crippen LogP contribution < -0.4 is 11.1 Å². The summed E-state index contributed by atoms with van der Waals surface area (Å²) in [6.07, 6.45) is 6.17. The molecule has 0 N–H and O–H groups in total. The monoisotopic (exact) mass is 354 g/mol. The summed E-state index contributed by atoms with van der Waals surface area (Å²) in [4.78, 5) is 39.2. The highest BCUT2D eigenvalue weighted by molar-refractivity contribution is 5.94. The van der Waals surface area contributed by atoms with Crippen molar-refractivity contribution in [3.8, 4) is 0 Å². The van der Waals surface area contributed by atoms with Gasteiger partial charge in [-0.25, -0.2) is 4.68 Å². The molecule has 1 atom stereocenters. The Morgan fingerprint density at radius 2 is 2.12 bits per heavy atom. The number of aryl methyl sites for hydroxylation is 3. The zero-order valence-electron chi connectivity index (χ0n) is 14.9. The van der Waals surface area contributed by atoms with Gasteiger partial charge in [-0.2, -0.15) is 5.10 Å². The molecule has 2 aromatic heterocycles. The number of aromatic nitrogens is 3. The molecule has 0 bridgehead atoms. The number of carbonyl (C=O) groups excluding carboxylic acids is 1. The van der Waals surface area contributed by atoms with Crippen LogP contribution in [0.5, 0.6) is 0 Å². The number of likely N-dealkylation sites (tertiary alicyclic amines) is 1. The van der Waals surface area contributed by atoms with Gasteiger partial charge in [-0.1, -0.05) is 0 Å². The molecule has 3 heterocycles. The highest BCUT2D eigenvalue weighted by Gasteiger charge is 2.31. The molecule has 4 rings (SSSR count). The Morgan fingerprint density at radius 1 is 1.27 bits per heavy atom. The van der Waals surface area contributed by atoms with Crippen LogP contribution in [0.2, 0.25) is 0 Å². The van der Waals surface area contributed by atoms with Crippen LogP contribution in [-0.2, 0) is 26.4 Å². The highest BCUT2D eigenvalue weighted by atomic mass is 16.2. The smallest absolute Gasteiger partial charge is 0.267 e. The highest BCUT2D eigenvalue weighted by Crippen LogP contribution is 2.21. The second-order valence-corrected chi connectivity index (χ2v) is 7.12. The van der Waals surface area contributed by atoms with Crippen molar-refractivity contribution in [2.24, 2.45) is 7.05 Å². The maximum atomic E-state index is 12.9. The van der Waals surface area contributed by atoms with Gasteiger partial charge >= 0.3 is 0 Å². The van der Waals surface area contributed by atoms with E-state index in [0.717, 1.165) is 43.4 Å². The molecule has 1 aliphatic carbocycles. The molecule has 1 aliphatic heterocycles. The maximum Gasteiger partial charge on any atom is 0.267 e. The minimum atomic E-state index is -0.295. The standard InChI is InChI=1S/C19H22N4O3/c1-21-9-4-7-15(18(21)25)19(26)22-10-3-6-14(22)12-23-17(24)11-13-5-2-8-16(13)20-23/h4,7,9,11,14H,2-3,5-6,8,10,12H2,1H3. The fourth-order valence-electron chi connectivity index (χ4n) is 3.98. The number of fused-ring (bicyclic) bond motifs is 1. The molecule has 2 aliphatic rings. The lowest BCUT2D eigenvalue weighted by Crippen LogP contribution is -2.42. The second-order valence-electron chi connectivity index (χ2n) is 7.12.